The van der Waals surface area contributed by atoms with Crippen LogP contribution < -0.4 is 11.1 Å². The zero-order valence-electron chi connectivity index (χ0n) is 18.0. The molecule has 32 heavy (non-hydrogen) atoms. The summed E-state index contributed by atoms with van der Waals surface area (Å²) in [6.07, 6.45) is 4.11. The van der Waals surface area contributed by atoms with Crippen LogP contribution in [0.2, 0.25) is 0 Å². The summed E-state index contributed by atoms with van der Waals surface area (Å²) < 4.78 is 0.510. The first-order chi connectivity index (χ1) is 15.0. The highest BCUT2D eigenvalue weighted by Gasteiger charge is 2.69. The number of aromatic nitrogens is 1. The van der Waals surface area contributed by atoms with E-state index in [9.17, 15) is 14.4 Å². The molecule has 1 aliphatic heterocycles. The van der Waals surface area contributed by atoms with Crippen molar-refractivity contribution in [2.45, 2.75) is 55.9 Å². The summed E-state index contributed by atoms with van der Waals surface area (Å²) in [6.45, 7) is 4.02. The van der Waals surface area contributed by atoms with E-state index in [4.69, 9.17) is 28.9 Å². The van der Waals surface area contributed by atoms with Gasteiger partial charge in [0.15, 0.2) is 5.78 Å². The Balaban J connectivity index is 1.31. The van der Waals surface area contributed by atoms with Crippen LogP contribution in [0.1, 0.15) is 39.5 Å². The molecule has 0 unspecified atom stereocenters. The molecular weight excluding hydrogens is 451 g/mol. The lowest BCUT2D eigenvalue weighted by molar-refractivity contribution is -0.123. The highest BCUT2D eigenvalue weighted by Crippen LogP contribution is 2.70. The third-order valence-corrected chi connectivity index (χ3v) is 9.17. The van der Waals surface area contributed by atoms with Crippen molar-refractivity contribution in [3.63, 3.8) is 0 Å². The molecule has 2 heterocycles. The number of amides is 3. The van der Waals surface area contributed by atoms with Crippen molar-refractivity contribution in [3.8, 4) is 0 Å². The van der Waals surface area contributed by atoms with Gasteiger partial charge >= 0.3 is 12.1 Å². The van der Waals surface area contributed by atoms with E-state index in [1.165, 1.54) is 10.8 Å². The van der Waals surface area contributed by atoms with E-state index in [-0.39, 0.29) is 29.2 Å². The number of urea groups is 1. The summed E-state index contributed by atoms with van der Waals surface area (Å²) >= 11 is 12.7. The molecule has 0 radical (unpaired) electrons. The van der Waals surface area contributed by atoms with E-state index < -0.39 is 16.4 Å². The summed E-state index contributed by atoms with van der Waals surface area (Å²) in [5.41, 5.74) is 6.38. The van der Waals surface area contributed by atoms with E-state index in [1.54, 1.807) is 17.0 Å². The molecule has 170 valence electrons. The number of hydrogen-bond acceptors (Lipinski definition) is 3. The summed E-state index contributed by atoms with van der Waals surface area (Å²) in [6, 6.07) is 5.91. The number of nitrogens with two attached hydrogens (primary N) is 1. The first kappa shape index (κ1) is 21.6. The van der Waals surface area contributed by atoms with E-state index >= 15 is 0 Å². The van der Waals surface area contributed by atoms with Crippen LogP contribution in [0.5, 0.6) is 0 Å². The average Bonchev–Trinajstić information content (AvgIpc) is 3.39. The minimum absolute atomic E-state index is 0.0544. The summed E-state index contributed by atoms with van der Waals surface area (Å²) in [5.74, 6) is 0.498. The van der Waals surface area contributed by atoms with Gasteiger partial charge in [0.1, 0.15) is 4.33 Å². The number of fused-ring (bicyclic) bond motifs is 2. The molecule has 9 heteroatoms. The number of Topliss-reactive ketones (excluding diaryl/α,β-unsaturated/α-hetero) is 1. The maximum Gasteiger partial charge on any atom is 0.323 e. The van der Waals surface area contributed by atoms with Gasteiger partial charge in [0.2, 0.25) is 0 Å². The smallest absolute Gasteiger partial charge is 0.323 e. The number of piperidine rings is 1. The first-order valence-electron chi connectivity index (χ1n) is 10.9. The molecule has 3 aliphatic rings. The highest BCUT2D eigenvalue weighted by molar-refractivity contribution is 6.51. The number of ketones is 1. The second-order valence-electron chi connectivity index (χ2n) is 9.82. The number of nitrogens with one attached hydrogen (secondary N) is 1. The van der Waals surface area contributed by atoms with E-state index in [0.717, 1.165) is 6.42 Å². The van der Waals surface area contributed by atoms with Gasteiger partial charge in [-0.1, -0.05) is 32.0 Å². The van der Waals surface area contributed by atoms with Crippen molar-refractivity contribution in [1.82, 2.24) is 9.47 Å². The number of primary amides is 1. The van der Waals surface area contributed by atoms with Gasteiger partial charge in [-0.15, -0.1) is 23.2 Å². The van der Waals surface area contributed by atoms with Crippen LogP contribution in [0.25, 0.3) is 10.9 Å². The predicted octanol–water partition coefficient (Wildman–Crippen LogP) is 4.74. The molecule has 3 fully saturated rings. The topological polar surface area (TPSA) is 97.4 Å². The normalized spacial score (nSPS) is 28.9. The molecule has 1 aromatic carbocycles. The summed E-state index contributed by atoms with van der Waals surface area (Å²) in [5, 5.41) is 3.62. The molecule has 1 saturated heterocycles. The first-order valence-corrected chi connectivity index (χ1v) is 11.7. The fourth-order valence-corrected chi connectivity index (χ4v) is 6.35. The number of hydrogen-bond donors (Lipinski definition) is 2. The van der Waals surface area contributed by atoms with Crippen LogP contribution in [0.3, 0.4) is 0 Å². The molecule has 2 saturated carbocycles. The SMILES string of the molecule is CC1(C)[C@H](CCC(=O)[C@@H]2C[C@H]3C[C@H]3N2C(=O)Nc2cn(C(N)=O)c3ccccc23)C1(Cl)Cl. The van der Waals surface area contributed by atoms with Crippen LogP contribution in [0.15, 0.2) is 30.5 Å². The molecule has 7 nitrogen and oxygen atoms in total. The highest BCUT2D eigenvalue weighted by atomic mass is 35.5. The van der Waals surface area contributed by atoms with E-state index in [0.29, 0.717) is 41.8 Å². The Morgan fingerprint density at radius 2 is 1.88 bits per heavy atom. The van der Waals surface area contributed by atoms with Gasteiger partial charge in [-0.3, -0.25) is 9.36 Å². The molecule has 2 aliphatic carbocycles. The van der Waals surface area contributed by atoms with Gasteiger partial charge in [0.25, 0.3) is 0 Å². The van der Waals surface area contributed by atoms with E-state index in [2.05, 4.69) is 5.32 Å². The second kappa shape index (κ2) is 7.12. The number of para-hydroxylation sites is 1. The van der Waals surface area contributed by atoms with Crippen LogP contribution in [0.4, 0.5) is 15.3 Å². The van der Waals surface area contributed by atoms with Crippen LogP contribution in [0, 0.1) is 17.3 Å². The fourth-order valence-electron chi connectivity index (χ4n) is 5.43. The van der Waals surface area contributed by atoms with Crippen molar-refractivity contribution in [1.29, 1.82) is 0 Å². The van der Waals surface area contributed by atoms with Gasteiger partial charge in [-0.05, 0) is 31.2 Å². The van der Waals surface area contributed by atoms with Crippen LogP contribution in [-0.4, -0.2) is 43.7 Å². The lowest BCUT2D eigenvalue weighted by atomic mass is 9.99. The maximum absolute atomic E-state index is 13.2. The number of carbonyl (C=O) groups excluding carboxylic acids is 3. The number of benzene rings is 1. The van der Waals surface area contributed by atoms with Gasteiger partial charge < -0.3 is 16.0 Å². The lowest BCUT2D eigenvalue weighted by Gasteiger charge is -2.27. The summed E-state index contributed by atoms with van der Waals surface area (Å²) in [7, 11) is 0. The minimum atomic E-state index is -0.795. The maximum atomic E-state index is 13.2. The number of nitrogens with zero attached hydrogens (tertiary/aromatic N) is 2. The van der Waals surface area contributed by atoms with Gasteiger partial charge in [0.05, 0.1) is 17.2 Å². The fraction of sp³-hybridized carbons (Fsp3) is 0.522. The third kappa shape index (κ3) is 3.20. The molecule has 3 amide bonds. The summed E-state index contributed by atoms with van der Waals surface area (Å²) in [4.78, 5) is 39.8. The molecule has 4 atom stereocenters. The Bertz CT molecular complexity index is 1130. The van der Waals surface area contributed by atoms with Gasteiger partial charge in [-0.2, -0.15) is 0 Å². The Kier molecular flexibility index (Phi) is 4.81. The van der Waals surface area contributed by atoms with Crippen molar-refractivity contribution in [3.05, 3.63) is 30.5 Å². The minimum Gasteiger partial charge on any atom is -0.351 e. The number of alkyl halides is 2. The van der Waals surface area contributed by atoms with Crippen molar-refractivity contribution in [2.75, 3.05) is 5.32 Å². The monoisotopic (exact) mass is 476 g/mol. The average molecular weight is 477 g/mol. The molecule has 5 rings (SSSR count). The molecule has 1 aromatic heterocycles. The predicted molar refractivity (Wildman–Crippen MR) is 124 cm³/mol. The van der Waals surface area contributed by atoms with Gasteiger partial charge in [0, 0.05) is 35.4 Å². The quantitative estimate of drug-likeness (QED) is 0.609. The molecular formula is C23H26Cl2N4O3. The largest absolute Gasteiger partial charge is 0.351 e. The van der Waals surface area contributed by atoms with Crippen molar-refractivity contribution in [2.24, 2.45) is 23.0 Å². The number of halogens is 2. The van der Waals surface area contributed by atoms with Crippen LogP contribution >= 0.6 is 23.2 Å². The molecule has 2 aromatic rings. The van der Waals surface area contributed by atoms with Crippen LogP contribution in [-0.2, 0) is 4.79 Å². The third-order valence-electron chi connectivity index (χ3n) is 7.67. The van der Waals surface area contributed by atoms with Crippen molar-refractivity contribution >= 4 is 57.6 Å². The zero-order chi connectivity index (χ0) is 23.0. The number of rotatable bonds is 5. The zero-order valence-corrected chi connectivity index (χ0v) is 19.5. The molecule has 3 N–H and O–H groups in total. The second-order valence-corrected chi connectivity index (χ2v) is 11.2. The Morgan fingerprint density at radius 1 is 1.19 bits per heavy atom. The van der Waals surface area contributed by atoms with E-state index in [1.807, 2.05) is 26.0 Å². The standard InChI is InChI=1S/C23H26Cl2N4O3/c1-22(2)19(23(22,24)25)8-7-18(30)17-10-12-9-16(12)29(17)21(32)27-14-11-28(20(26)31)15-6-4-3-5-13(14)15/h3-6,11-12,16-17,19H,7-10H2,1-2H3,(H2,26,31)(H,27,32)/t12-,16-,17+,19+/m1/s1. The van der Waals surface area contributed by atoms with Gasteiger partial charge in [-0.25, -0.2) is 9.59 Å². The number of anilines is 1. The number of likely N-dealkylation sites (tertiary alicyclic amines) is 1. The number of carbonyl (C=O) groups is 3. The Morgan fingerprint density at radius 3 is 2.53 bits per heavy atom. The Labute approximate surface area is 196 Å². The molecule has 0 bridgehead atoms. The van der Waals surface area contributed by atoms with Crippen molar-refractivity contribution < 1.29 is 14.4 Å². The molecule has 0 spiro atoms. The lowest BCUT2D eigenvalue weighted by Crippen LogP contribution is -2.45. The Hall–Kier alpha value is -2.25.